The maximum atomic E-state index is 11.7. The van der Waals surface area contributed by atoms with E-state index >= 15 is 0 Å². The molecule has 0 saturated carbocycles. The number of amides is 1. The SMILES string of the molecule is CCC(=O)Nc1cccc2c(=O)cc(C#N)oc12. The number of hydrogen-bond donors (Lipinski definition) is 1. The molecule has 0 aliphatic heterocycles. The van der Waals surface area contributed by atoms with Crippen LogP contribution >= 0.6 is 0 Å². The smallest absolute Gasteiger partial charge is 0.224 e. The number of nitrogens with zero attached hydrogens (tertiary/aromatic N) is 1. The van der Waals surface area contributed by atoms with Crippen molar-refractivity contribution in [2.24, 2.45) is 0 Å². The second kappa shape index (κ2) is 4.72. The molecule has 0 radical (unpaired) electrons. The molecule has 1 amide bonds. The Hall–Kier alpha value is -2.61. The van der Waals surface area contributed by atoms with Crippen LogP contribution in [0.1, 0.15) is 19.1 Å². The fourth-order valence-electron chi connectivity index (χ4n) is 1.57. The van der Waals surface area contributed by atoms with Crippen LogP contribution in [0.5, 0.6) is 0 Å². The zero-order valence-electron chi connectivity index (χ0n) is 9.69. The number of carbonyl (C=O) groups is 1. The van der Waals surface area contributed by atoms with Gasteiger partial charge in [0.2, 0.25) is 11.7 Å². The van der Waals surface area contributed by atoms with Gasteiger partial charge in [-0.2, -0.15) is 5.26 Å². The number of para-hydroxylation sites is 1. The molecule has 0 aliphatic carbocycles. The Kier molecular flexibility index (Phi) is 3.11. The van der Waals surface area contributed by atoms with Gasteiger partial charge in [0.05, 0.1) is 11.1 Å². The topological polar surface area (TPSA) is 83.1 Å². The van der Waals surface area contributed by atoms with E-state index in [-0.39, 0.29) is 22.7 Å². The summed E-state index contributed by atoms with van der Waals surface area (Å²) in [7, 11) is 0. The van der Waals surface area contributed by atoms with Crippen LogP contribution in [0, 0.1) is 11.3 Å². The Balaban J connectivity index is 2.68. The number of anilines is 1. The third-order valence-corrected chi connectivity index (χ3v) is 2.46. The van der Waals surface area contributed by atoms with Gasteiger partial charge in [-0.3, -0.25) is 9.59 Å². The van der Waals surface area contributed by atoms with Crippen LogP contribution in [0.15, 0.2) is 33.5 Å². The molecule has 1 N–H and O–H groups in total. The minimum atomic E-state index is -0.305. The van der Waals surface area contributed by atoms with Gasteiger partial charge in [0.1, 0.15) is 6.07 Å². The number of hydrogen-bond acceptors (Lipinski definition) is 4. The summed E-state index contributed by atoms with van der Waals surface area (Å²) in [6.45, 7) is 1.72. The first-order valence-electron chi connectivity index (χ1n) is 5.42. The molecule has 2 aromatic rings. The summed E-state index contributed by atoms with van der Waals surface area (Å²) in [5, 5.41) is 11.7. The number of nitrogens with one attached hydrogen (secondary N) is 1. The van der Waals surface area contributed by atoms with Crippen LogP contribution in [0.2, 0.25) is 0 Å². The Labute approximate surface area is 103 Å². The van der Waals surface area contributed by atoms with Gasteiger partial charge < -0.3 is 9.73 Å². The van der Waals surface area contributed by atoms with Crippen LogP contribution in [-0.2, 0) is 4.79 Å². The average Bonchev–Trinajstić information content (AvgIpc) is 2.39. The Morgan fingerprint density at radius 1 is 1.50 bits per heavy atom. The van der Waals surface area contributed by atoms with Crippen molar-refractivity contribution in [3.63, 3.8) is 0 Å². The Bertz CT molecular complexity index is 710. The molecule has 18 heavy (non-hydrogen) atoms. The van der Waals surface area contributed by atoms with Gasteiger partial charge in [0.25, 0.3) is 0 Å². The number of rotatable bonds is 2. The van der Waals surface area contributed by atoms with Crippen LogP contribution in [0.3, 0.4) is 0 Å². The second-order valence-electron chi connectivity index (χ2n) is 3.67. The molecule has 5 heteroatoms. The lowest BCUT2D eigenvalue weighted by molar-refractivity contribution is -0.115. The van der Waals surface area contributed by atoms with Gasteiger partial charge in [0.15, 0.2) is 11.0 Å². The van der Waals surface area contributed by atoms with Crippen molar-refractivity contribution in [1.82, 2.24) is 0 Å². The summed E-state index contributed by atoms with van der Waals surface area (Å²) in [6.07, 6.45) is 0.318. The molecule has 0 bridgehead atoms. The predicted molar refractivity (Wildman–Crippen MR) is 66.1 cm³/mol. The second-order valence-corrected chi connectivity index (χ2v) is 3.67. The molecular formula is C13H10N2O3. The zero-order chi connectivity index (χ0) is 13.1. The molecule has 90 valence electrons. The largest absolute Gasteiger partial charge is 0.443 e. The Morgan fingerprint density at radius 3 is 2.94 bits per heavy atom. The normalized spacial score (nSPS) is 10.0. The van der Waals surface area contributed by atoms with Crippen molar-refractivity contribution < 1.29 is 9.21 Å². The molecule has 2 rings (SSSR count). The summed E-state index contributed by atoms with van der Waals surface area (Å²) < 4.78 is 5.29. The Morgan fingerprint density at radius 2 is 2.28 bits per heavy atom. The van der Waals surface area contributed by atoms with E-state index in [1.807, 2.05) is 0 Å². The first kappa shape index (κ1) is 11.9. The molecule has 0 unspecified atom stereocenters. The van der Waals surface area contributed by atoms with Crippen molar-refractivity contribution >= 4 is 22.6 Å². The van der Waals surface area contributed by atoms with Gasteiger partial charge in [-0.1, -0.05) is 13.0 Å². The molecule has 1 heterocycles. The molecule has 5 nitrogen and oxygen atoms in total. The molecule has 0 aliphatic rings. The quantitative estimate of drug-likeness (QED) is 0.873. The molecule has 1 aromatic heterocycles. The number of nitriles is 1. The van der Waals surface area contributed by atoms with Gasteiger partial charge in [0, 0.05) is 12.5 Å². The van der Waals surface area contributed by atoms with Crippen molar-refractivity contribution in [2.45, 2.75) is 13.3 Å². The lowest BCUT2D eigenvalue weighted by Crippen LogP contribution is -2.11. The fraction of sp³-hybridized carbons (Fsp3) is 0.154. The van der Waals surface area contributed by atoms with Crippen molar-refractivity contribution in [3.05, 3.63) is 40.2 Å². The highest BCUT2D eigenvalue weighted by Crippen LogP contribution is 2.22. The van der Waals surface area contributed by atoms with E-state index in [9.17, 15) is 9.59 Å². The fourth-order valence-corrected chi connectivity index (χ4v) is 1.57. The maximum Gasteiger partial charge on any atom is 0.224 e. The van der Waals surface area contributed by atoms with Crippen molar-refractivity contribution in [3.8, 4) is 6.07 Å². The first-order valence-corrected chi connectivity index (χ1v) is 5.42. The zero-order valence-corrected chi connectivity index (χ0v) is 9.69. The number of benzene rings is 1. The van der Waals surface area contributed by atoms with E-state index < -0.39 is 0 Å². The van der Waals surface area contributed by atoms with Gasteiger partial charge in [-0.15, -0.1) is 0 Å². The van der Waals surface area contributed by atoms with E-state index in [4.69, 9.17) is 9.68 Å². The highest BCUT2D eigenvalue weighted by molar-refractivity contribution is 5.99. The highest BCUT2D eigenvalue weighted by Gasteiger charge is 2.10. The number of fused-ring (bicyclic) bond motifs is 1. The summed E-state index contributed by atoms with van der Waals surface area (Å²) in [4.78, 5) is 23.1. The average molecular weight is 242 g/mol. The highest BCUT2D eigenvalue weighted by atomic mass is 16.3. The van der Waals surface area contributed by atoms with E-state index in [0.717, 1.165) is 6.07 Å². The molecule has 0 saturated heterocycles. The lowest BCUT2D eigenvalue weighted by atomic mass is 10.2. The molecule has 0 spiro atoms. The van der Waals surface area contributed by atoms with E-state index in [0.29, 0.717) is 17.5 Å². The molecule has 1 aromatic carbocycles. The summed E-state index contributed by atoms with van der Waals surface area (Å²) in [5.74, 6) is -0.266. The third kappa shape index (κ3) is 2.09. The van der Waals surface area contributed by atoms with Crippen LogP contribution in [0.25, 0.3) is 11.0 Å². The van der Waals surface area contributed by atoms with Gasteiger partial charge in [-0.05, 0) is 12.1 Å². The van der Waals surface area contributed by atoms with Crippen LogP contribution in [-0.4, -0.2) is 5.91 Å². The van der Waals surface area contributed by atoms with E-state index in [1.165, 1.54) is 0 Å². The first-order chi connectivity index (χ1) is 8.65. The summed E-state index contributed by atoms with van der Waals surface area (Å²) in [6, 6.07) is 7.77. The molecule has 0 fully saturated rings. The maximum absolute atomic E-state index is 11.7. The van der Waals surface area contributed by atoms with E-state index in [1.54, 1.807) is 31.2 Å². The van der Waals surface area contributed by atoms with Crippen molar-refractivity contribution in [1.29, 1.82) is 5.26 Å². The molecular weight excluding hydrogens is 232 g/mol. The lowest BCUT2D eigenvalue weighted by Gasteiger charge is -2.06. The van der Waals surface area contributed by atoms with Crippen LogP contribution < -0.4 is 10.7 Å². The van der Waals surface area contributed by atoms with Crippen LogP contribution in [0.4, 0.5) is 5.69 Å². The van der Waals surface area contributed by atoms with Crippen molar-refractivity contribution in [2.75, 3.05) is 5.32 Å². The third-order valence-electron chi connectivity index (χ3n) is 2.46. The van der Waals surface area contributed by atoms with Gasteiger partial charge in [-0.25, -0.2) is 0 Å². The standard InChI is InChI=1S/C13H10N2O3/c1-2-12(17)15-10-5-3-4-9-11(16)6-8(7-14)18-13(9)10/h3-6H,2H2,1H3,(H,15,17). The predicted octanol–water partition coefficient (Wildman–Crippen LogP) is 2.01. The molecule has 0 atom stereocenters. The minimum absolute atomic E-state index is 0.0781. The summed E-state index contributed by atoms with van der Waals surface area (Å²) >= 11 is 0. The van der Waals surface area contributed by atoms with Gasteiger partial charge >= 0.3 is 0 Å². The summed E-state index contributed by atoms with van der Waals surface area (Å²) in [5.41, 5.74) is 0.317. The van der Waals surface area contributed by atoms with E-state index in [2.05, 4.69) is 5.32 Å². The minimum Gasteiger partial charge on any atom is -0.443 e. The number of carbonyl (C=O) groups excluding carboxylic acids is 1. The monoisotopic (exact) mass is 242 g/mol.